The highest BCUT2D eigenvalue weighted by molar-refractivity contribution is 5.99. The largest absolute Gasteiger partial charge is 0.368 e. The van der Waals surface area contributed by atoms with Crippen LogP contribution in [0, 0.1) is 6.92 Å². The molecule has 3 aliphatic heterocycles. The van der Waals surface area contributed by atoms with Gasteiger partial charge in [0.25, 0.3) is 5.91 Å². The Balaban J connectivity index is 1.42. The van der Waals surface area contributed by atoms with E-state index in [4.69, 9.17) is 5.10 Å². The van der Waals surface area contributed by atoms with Crippen LogP contribution in [0.25, 0.3) is 11.1 Å². The number of hydrogen-bond acceptors (Lipinski definition) is 5. The number of aryl methyl sites for hydroxylation is 2. The first kappa shape index (κ1) is 22.3. The summed E-state index contributed by atoms with van der Waals surface area (Å²) in [6, 6.07) is 2.02. The minimum atomic E-state index is -0.0702. The van der Waals surface area contributed by atoms with Crippen molar-refractivity contribution < 1.29 is 4.79 Å². The standard InChI is InChI=1S/C27H32N6O/c1-4-11-30-12-14-31(15-13-30)23-10-9-22-8-6-7-21(16-27(34)32(22)19-23)25-17-26-24(5-2)28-20(3)18-33(26)29-25/h6-10,16-19H,4-5,11-15H2,1-3H3/b7-6+,21-16+,22-8+. The molecule has 2 aromatic rings. The molecule has 0 atom stereocenters. The summed E-state index contributed by atoms with van der Waals surface area (Å²) in [5.74, 6) is -0.0702. The van der Waals surface area contributed by atoms with Gasteiger partial charge in [0.1, 0.15) is 0 Å². The number of carbonyl (C=O) groups excluding carboxylic acids is 1. The van der Waals surface area contributed by atoms with Crippen LogP contribution in [0.3, 0.4) is 0 Å². The van der Waals surface area contributed by atoms with E-state index < -0.39 is 0 Å². The van der Waals surface area contributed by atoms with E-state index in [0.717, 1.165) is 78.7 Å². The number of piperazine rings is 1. The highest BCUT2D eigenvalue weighted by Crippen LogP contribution is 2.26. The molecule has 0 N–H and O–H groups in total. The molecular formula is C27H32N6O. The molecule has 0 aliphatic carbocycles. The molecule has 0 bridgehead atoms. The summed E-state index contributed by atoms with van der Waals surface area (Å²) >= 11 is 0. The molecule has 176 valence electrons. The third-order valence-corrected chi connectivity index (χ3v) is 6.58. The smallest absolute Gasteiger partial charge is 0.255 e. The Kier molecular flexibility index (Phi) is 6.20. The predicted molar refractivity (Wildman–Crippen MR) is 135 cm³/mol. The number of allylic oxidation sites excluding steroid dienone is 6. The Bertz CT molecular complexity index is 1250. The lowest BCUT2D eigenvalue weighted by Gasteiger charge is -2.38. The van der Waals surface area contributed by atoms with E-state index in [1.807, 2.05) is 54.2 Å². The summed E-state index contributed by atoms with van der Waals surface area (Å²) in [5.41, 5.74) is 6.44. The summed E-state index contributed by atoms with van der Waals surface area (Å²) in [5, 5.41) is 4.75. The van der Waals surface area contributed by atoms with Gasteiger partial charge < -0.3 is 4.90 Å². The molecule has 34 heavy (non-hydrogen) atoms. The minimum Gasteiger partial charge on any atom is -0.368 e. The summed E-state index contributed by atoms with van der Waals surface area (Å²) in [7, 11) is 0. The van der Waals surface area contributed by atoms with Crippen LogP contribution < -0.4 is 0 Å². The van der Waals surface area contributed by atoms with Crippen molar-refractivity contribution in [2.24, 2.45) is 0 Å². The normalized spacial score (nSPS) is 23.0. The molecule has 0 saturated carbocycles. The second-order valence-corrected chi connectivity index (χ2v) is 9.02. The van der Waals surface area contributed by atoms with Crippen molar-refractivity contribution in [3.8, 4) is 0 Å². The summed E-state index contributed by atoms with van der Waals surface area (Å²) in [6.07, 6.45) is 17.7. The number of nitrogens with zero attached hydrogens (tertiary/aromatic N) is 6. The maximum atomic E-state index is 13.4. The fourth-order valence-corrected chi connectivity index (χ4v) is 4.81. The summed E-state index contributed by atoms with van der Waals surface area (Å²) < 4.78 is 1.87. The van der Waals surface area contributed by atoms with Crippen LogP contribution in [0.15, 0.2) is 66.3 Å². The molecule has 0 unspecified atom stereocenters. The van der Waals surface area contributed by atoms with Crippen molar-refractivity contribution in [1.82, 2.24) is 29.3 Å². The molecule has 0 spiro atoms. The van der Waals surface area contributed by atoms with Crippen LogP contribution in [0.1, 0.15) is 37.4 Å². The van der Waals surface area contributed by atoms with Gasteiger partial charge in [0.15, 0.2) is 0 Å². The average molecular weight is 457 g/mol. The highest BCUT2D eigenvalue weighted by Gasteiger charge is 2.23. The monoisotopic (exact) mass is 456 g/mol. The second-order valence-electron chi connectivity index (χ2n) is 9.02. The summed E-state index contributed by atoms with van der Waals surface area (Å²) in [4.78, 5) is 24.6. The van der Waals surface area contributed by atoms with Gasteiger partial charge in [0.05, 0.1) is 34.5 Å². The molecule has 1 saturated heterocycles. The van der Waals surface area contributed by atoms with Crippen molar-refractivity contribution in [1.29, 1.82) is 0 Å². The Morgan fingerprint density at radius 3 is 2.59 bits per heavy atom. The van der Waals surface area contributed by atoms with Crippen molar-refractivity contribution >= 4 is 17.0 Å². The van der Waals surface area contributed by atoms with Gasteiger partial charge in [0.2, 0.25) is 0 Å². The number of carbonyl (C=O) groups is 1. The molecular weight excluding hydrogens is 424 g/mol. The van der Waals surface area contributed by atoms with Crippen molar-refractivity contribution in [2.45, 2.75) is 33.6 Å². The molecule has 5 heterocycles. The predicted octanol–water partition coefficient (Wildman–Crippen LogP) is 3.70. The van der Waals surface area contributed by atoms with Crippen molar-refractivity contribution in [2.75, 3.05) is 32.7 Å². The Morgan fingerprint density at radius 2 is 1.82 bits per heavy atom. The van der Waals surface area contributed by atoms with Crippen LogP contribution >= 0.6 is 0 Å². The van der Waals surface area contributed by atoms with E-state index in [1.165, 1.54) is 6.42 Å². The van der Waals surface area contributed by atoms with Gasteiger partial charge in [-0.2, -0.15) is 5.10 Å². The van der Waals surface area contributed by atoms with E-state index in [1.54, 1.807) is 11.0 Å². The van der Waals surface area contributed by atoms with Gasteiger partial charge in [-0.3, -0.25) is 19.6 Å². The number of hydrogen-bond donors (Lipinski definition) is 0. The van der Waals surface area contributed by atoms with Crippen LogP contribution in [0.4, 0.5) is 0 Å². The van der Waals surface area contributed by atoms with Gasteiger partial charge in [-0.05, 0) is 50.6 Å². The molecule has 5 rings (SSSR count). The SMILES string of the molecule is CCCN1CCN(C2=CN3C(=O)\C=C(c4cc5c(CC)nc(C)cn5n4)/C=C/C=C/3C=C2)CC1. The molecule has 0 radical (unpaired) electrons. The first-order valence-corrected chi connectivity index (χ1v) is 12.2. The maximum absolute atomic E-state index is 13.4. The van der Waals surface area contributed by atoms with Gasteiger partial charge in [-0.1, -0.05) is 26.0 Å². The number of amides is 1. The van der Waals surface area contributed by atoms with Gasteiger partial charge in [-0.25, -0.2) is 4.52 Å². The molecule has 3 aliphatic rings. The van der Waals surface area contributed by atoms with E-state index in [9.17, 15) is 4.79 Å². The molecule has 1 amide bonds. The second kappa shape index (κ2) is 9.43. The fraction of sp³-hybridized carbons (Fsp3) is 0.370. The number of aromatic nitrogens is 3. The van der Waals surface area contributed by atoms with Crippen LogP contribution in [0.2, 0.25) is 0 Å². The lowest BCUT2D eigenvalue weighted by molar-refractivity contribution is -0.122. The number of rotatable bonds is 5. The molecule has 2 aromatic heterocycles. The quantitative estimate of drug-likeness (QED) is 0.687. The first-order valence-electron chi connectivity index (χ1n) is 12.2. The number of fused-ring (bicyclic) bond motifs is 2. The lowest BCUT2D eigenvalue weighted by Crippen LogP contribution is -2.46. The van der Waals surface area contributed by atoms with Crippen molar-refractivity contribution in [3.63, 3.8) is 0 Å². The fourth-order valence-electron chi connectivity index (χ4n) is 4.81. The third-order valence-electron chi connectivity index (χ3n) is 6.58. The van der Waals surface area contributed by atoms with Crippen LogP contribution in [-0.2, 0) is 11.2 Å². The van der Waals surface area contributed by atoms with Crippen LogP contribution in [0.5, 0.6) is 0 Å². The zero-order valence-corrected chi connectivity index (χ0v) is 20.2. The van der Waals surface area contributed by atoms with Crippen molar-refractivity contribution in [3.05, 3.63) is 83.4 Å². The first-order chi connectivity index (χ1) is 16.6. The van der Waals surface area contributed by atoms with E-state index in [-0.39, 0.29) is 5.91 Å². The highest BCUT2D eigenvalue weighted by atomic mass is 16.2. The summed E-state index contributed by atoms with van der Waals surface area (Å²) in [6.45, 7) is 11.5. The molecule has 1 fully saturated rings. The van der Waals surface area contributed by atoms with E-state index in [0.29, 0.717) is 0 Å². The van der Waals surface area contributed by atoms with Crippen LogP contribution in [-0.4, -0.2) is 67.9 Å². The average Bonchev–Trinajstić information content (AvgIpc) is 3.26. The van der Waals surface area contributed by atoms with Gasteiger partial charge in [0, 0.05) is 49.7 Å². The third kappa shape index (κ3) is 4.35. The Labute approximate surface area is 201 Å². The Morgan fingerprint density at radius 1 is 1.03 bits per heavy atom. The minimum absolute atomic E-state index is 0.0702. The zero-order valence-electron chi connectivity index (χ0n) is 20.2. The molecule has 0 aromatic carbocycles. The maximum Gasteiger partial charge on any atom is 0.255 e. The zero-order chi connectivity index (χ0) is 23.7. The Hall–Kier alpha value is -3.45. The topological polar surface area (TPSA) is 57.0 Å². The van der Waals surface area contributed by atoms with Gasteiger partial charge in [-0.15, -0.1) is 0 Å². The van der Waals surface area contributed by atoms with E-state index >= 15 is 0 Å². The van der Waals surface area contributed by atoms with Gasteiger partial charge >= 0.3 is 0 Å². The molecule has 7 heteroatoms. The lowest BCUT2D eigenvalue weighted by atomic mass is 10.1. The molecule has 7 nitrogen and oxygen atoms in total. The van der Waals surface area contributed by atoms with E-state index in [2.05, 4.69) is 34.7 Å².